The van der Waals surface area contributed by atoms with Crippen molar-refractivity contribution in [3.05, 3.63) is 29.6 Å². The van der Waals surface area contributed by atoms with Crippen LogP contribution in [0.5, 0.6) is 0 Å². The lowest BCUT2D eigenvalue weighted by atomic mass is 10.0. The highest BCUT2D eigenvalue weighted by atomic mass is 32.2. The zero-order chi connectivity index (χ0) is 10.9. The molecule has 0 spiro atoms. The van der Waals surface area contributed by atoms with Crippen LogP contribution in [0.3, 0.4) is 0 Å². The van der Waals surface area contributed by atoms with E-state index in [1.165, 1.54) is 12.3 Å². The van der Waals surface area contributed by atoms with E-state index in [1.807, 2.05) is 13.8 Å². The molecule has 0 aliphatic carbocycles. The van der Waals surface area contributed by atoms with Gasteiger partial charge in [-0.2, -0.15) is 0 Å². The molecule has 0 aromatic heterocycles. The van der Waals surface area contributed by atoms with E-state index in [2.05, 4.69) is 0 Å². The van der Waals surface area contributed by atoms with E-state index in [0.717, 1.165) is 0 Å². The van der Waals surface area contributed by atoms with E-state index < -0.39 is 15.5 Å². The first kappa shape index (κ1) is 11.2. The molecule has 0 amide bonds. The molecule has 0 saturated heterocycles. The molecule has 0 heterocycles. The fourth-order valence-electron chi connectivity index (χ4n) is 1.39. The molecule has 0 bridgehead atoms. The number of nitrogens with one attached hydrogen (secondary N) is 1. The molecule has 0 unspecified atom stereocenters. The number of benzene rings is 1. The van der Waals surface area contributed by atoms with Gasteiger partial charge < -0.3 is 0 Å². The van der Waals surface area contributed by atoms with Crippen LogP contribution in [-0.4, -0.2) is 10.5 Å². The van der Waals surface area contributed by atoms with Crippen LogP contribution in [-0.2, 0) is 9.73 Å². The van der Waals surface area contributed by atoms with Crippen molar-refractivity contribution in [3.63, 3.8) is 0 Å². The largest absolute Gasteiger partial charge is 0.249 e. The van der Waals surface area contributed by atoms with Crippen LogP contribution in [0, 0.1) is 10.6 Å². The van der Waals surface area contributed by atoms with Crippen molar-refractivity contribution in [1.29, 1.82) is 4.78 Å². The molecule has 0 fully saturated rings. The molecule has 1 aromatic carbocycles. The van der Waals surface area contributed by atoms with Gasteiger partial charge in [0.05, 0.1) is 14.6 Å². The quantitative estimate of drug-likeness (QED) is 0.809. The van der Waals surface area contributed by atoms with Gasteiger partial charge in [0.25, 0.3) is 0 Å². The summed E-state index contributed by atoms with van der Waals surface area (Å²) >= 11 is 0. The fourth-order valence-corrected chi connectivity index (χ4v) is 2.58. The van der Waals surface area contributed by atoms with E-state index in [-0.39, 0.29) is 10.8 Å². The molecule has 0 aliphatic heterocycles. The maximum absolute atomic E-state index is 13.4. The lowest BCUT2D eigenvalue weighted by Gasteiger charge is -2.13. The van der Waals surface area contributed by atoms with E-state index in [9.17, 15) is 8.60 Å². The minimum atomic E-state index is -2.98. The average molecular weight is 215 g/mol. The van der Waals surface area contributed by atoms with Crippen LogP contribution in [0.1, 0.15) is 25.3 Å². The first-order valence-electron chi connectivity index (χ1n) is 4.36. The number of rotatable bonds is 2. The molecule has 0 aliphatic rings. The van der Waals surface area contributed by atoms with Gasteiger partial charge in [0.2, 0.25) is 0 Å². The molecule has 2 nitrogen and oxygen atoms in total. The summed E-state index contributed by atoms with van der Waals surface area (Å²) in [5.74, 6) is -0.467. The molecule has 1 aromatic rings. The average Bonchev–Trinajstić information content (AvgIpc) is 2.01. The van der Waals surface area contributed by atoms with Gasteiger partial charge >= 0.3 is 0 Å². The first-order chi connectivity index (χ1) is 6.34. The van der Waals surface area contributed by atoms with Gasteiger partial charge in [-0.15, -0.1) is 0 Å². The molecule has 0 radical (unpaired) electrons. The third kappa shape index (κ3) is 2.12. The summed E-state index contributed by atoms with van der Waals surface area (Å²) in [7, 11) is -2.98. The summed E-state index contributed by atoms with van der Waals surface area (Å²) in [6.07, 6.45) is 1.25. The van der Waals surface area contributed by atoms with Crippen LogP contribution >= 0.6 is 0 Å². The molecule has 1 N–H and O–H groups in total. The van der Waals surface area contributed by atoms with Crippen molar-refractivity contribution in [3.8, 4) is 0 Å². The highest BCUT2D eigenvalue weighted by molar-refractivity contribution is 7.91. The summed E-state index contributed by atoms with van der Waals surface area (Å²) in [5, 5.41) is 0. The summed E-state index contributed by atoms with van der Waals surface area (Å²) in [6.45, 7) is 3.78. The second kappa shape index (κ2) is 3.69. The predicted octanol–water partition coefficient (Wildman–Crippen LogP) is 2.98. The lowest BCUT2D eigenvalue weighted by Crippen LogP contribution is -2.05. The van der Waals surface area contributed by atoms with Crippen molar-refractivity contribution >= 4 is 9.73 Å². The maximum atomic E-state index is 13.4. The molecule has 4 heteroatoms. The Kier molecular flexibility index (Phi) is 2.95. The second-order valence-electron chi connectivity index (χ2n) is 3.66. The maximum Gasteiger partial charge on any atom is 0.140 e. The summed E-state index contributed by atoms with van der Waals surface area (Å²) in [5.41, 5.74) is 0.660. The van der Waals surface area contributed by atoms with Gasteiger partial charge in [-0.05, 0) is 17.5 Å². The Morgan fingerprint density at radius 3 is 2.36 bits per heavy atom. The van der Waals surface area contributed by atoms with E-state index in [0.29, 0.717) is 5.56 Å². The third-order valence-corrected chi connectivity index (χ3v) is 3.22. The lowest BCUT2D eigenvalue weighted by molar-refractivity contribution is 0.584. The van der Waals surface area contributed by atoms with Crippen LogP contribution < -0.4 is 0 Å². The molecule has 0 saturated carbocycles. The Bertz CT molecular complexity index is 437. The number of hydrogen-bond donors (Lipinski definition) is 1. The minimum absolute atomic E-state index is 0.0509. The van der Waals surface area contributed by atoms with Crippen molar-refractivity contribution in [2.24, 2.45) is 0 Å². The van der Waals surface area contributed by atoms with Crippen LogP contribution in [0.4, 0.5) is 4.39 Å². The smallest absolute Gasteiger partial charge is 0.140 e. The Morgan fingerprint density at radius 1 is 1.43 bits per heavy atom. The number of halogens is 1. The zero-order valence-electron chi connectivity index (χ0n) is 8.50. The molecule has 1 atom stereocenters. The molecule has 1 rings (SSSR count). The Labute approximate surface area is 84.1 Å². The SMILES string of the molecule is CC(C)c1cccc(F)c1[S@@](C)(=N)=O. The Hall–Kier alpha value is -0.900. The minimum Gasteiger partial charge on any atom is -0.249 e. The van der Waals surface area contributed by atoms with Crippen molar-refractivity contribution in [2.45, 2.75) is 24.7 Å². The Balaban J connectivity index is 3.54. The van der Waals surface area contributed by atoms with Gasteiger partial charge in [-0.25, -0.2) is 13.4 Å². The van der Waals surface area contributed by atoms with Crippen LogP contribution in [0.15, 0.2) is 23.1 Å². The van der Waals surface area contributed by atoms with Gasteiger partial charge in [-0.1, -0.05) is 26.0 Å². The van der Waals surface area contributed by atoms with Crippen molar-refractivity contribution < 1.29 is 8.60 Å². The summed E-state index contributed by atoms with van der Waals surface area (Å²) < 4.78 is 32.4. The van der Waals surface area contributed by atoms with Gasteiger partial charge in [-0.3, -0.25) is 0 Å². The standard InChI is InChI=1S/C10H14FNOS/c1-7(2)8-5-4-6-9(11)10(8)14(3,12)13/h4-7,12H,1-3H3/t14-/m0/s1. The van der Waals surface area contributed by atoms with Crippen LogP contribution in [0.25, 0.3) is 0 Å². The summed E-state index contributed by atoms with van der Waals surface area (Å²) in [6, 6.07) is 4.55. The Morgan fingerprint density at radius 2 is 2.00 bits per heavy atom. The topological polar surface area (TPSA) is 40.9 Å². The van der Waals surface area contributed by atoms with E-state index in [1.54, 1.807) is 12.1 Å². The highest BCUT2D eigenvalue weighted by Gasteiger charge is 2.17. The predicted molar refractivity (Wildman–Crippen MR) is 55.5 cm³/mol. The molecule has 78 valence electrons. The zero-order valence-corrected chi connectivity index (χ0v) is 9.32. The first-order valence-corrected chi connectivity index (χ1v) is 6.33. The van der Waals surface area contributed by atoms with Crippen molar-refractivity contribution in [1.82, 2.24) is 0 Å². The van der Waals surface area contributed by atoms with E-state index in [4.69, 9.17) is 4.78 Å². The van der Waals surface area contributed by atoms with Gasteiger partial charge in [0.1, 0.15) is 5.82 Å². The fraction of sp³-hybridized carbons (Fsp3) is 0.400. The third-order valence-electron chi connectivity index (χ3n) is 2.01. The normalized spacial score (nSPS) is 15.5. The molecule has 14 heavy (non-hydrogen) atoms. The second-order valence-corrected chi connectivity index (χ2v) is 5.75. The summed E-state index contributed by atoms with van der Waals surface area (Å²) in [4.78, 5) is 0.0509. The number of hydrogen-bond acceptors (Lipinski definition) is 2. The highest BCUT2D eigenvalue weighted by Crippen LogP contribution is 2.26. The molecular weight excluding hydrogens is 201 g/mol. The monoisotopic (exact) mass is 215 g/mol. The van der Waals surface area contributed by atoms with Gasteiger partial charge in [0.15, 0.2) is 0 Å². The van der Waals surface area contributed by atoms with E-state index >= 15 is 0 Å². The van der Waals surface area contributed by atoms with Gasteiger partial charge in [0, 0.05) is 6.26 Å². The molecular formula is C10H14FNOS. The van der Waals surface area contributed by atoms with Crippen molar-refractivity contribution in [2.75, 3.05) is 6.26 Å². The van der Waals surface area contributed by atoms with Crippen LogP contribution in [0.2, 0.25) is 0 Å².